The van der Waals surface area contributed by atoms with Gasteiger partial charge in [0.2, 0.25) is 0 Å². The summed E-state index contributed by atoms with van der Waals surface area (Å²) in [4.78, 5) is 13.3. The van der Waals surface area contributed by atoms with Crippen LogP contribution in [-0.4, -0.2) is 63.1 Å². The van der Waals surface area contributed by atoms with Crippen LogP contribution in [0.5, 0.6) is 0 Å². The first-order valence-electron chi connectivity index (χ1n) is 27.4. The maximum atomic E-state index is 11.0. The quantitative estimate of drug-likeness (QED) is 0.0244. The molecule has 4 aromatic carbocycles. The van der Waals surface area contributed by atoms with Gasteiger partial charge in [-0.05, 0) is 45.0 Å². The van der Waals surface area contributed by atoms with E-state index in [1.54, 1.807) is 0 Å². The van der Waals surface area contributed by atoms with E-state index in [4.69, 9.17) is 14.2 Å². The number of carbonyl (C=O) groups is 1. The van der Waals surface area contributed by atoms with Crippen LogP contribution in [0, 0.1) is 6.92 Å². The van der Waals surface area contributed by atoms with Crippen molar-refractivity contribution in [3.8, 4) is 0 Å². The molecule has 1 heterocycles. The van der Waals surface area contributed by atoms with Gasteiger partial charge in [-0.25, -0.2) is 0 Å². The van der Waals surface area contributed by atoms with E-state index in [1.807, 2.05) is 208 Å². The molecule has 5 rings (SSSR count). The third kappa shape index (κ3) is 77.7. The number of hydrogen-bond acceptors (Lipinski definition) is 7. The maximum Gasteiger partial charge on any atom is 0.106 e. The molecule has 0 amide bonds. The topological polar surface area (TPSA) is 63.7 Å². The summed E-state index contributed by atoms with van der Waals surface area (Å²) in [6.07, 6.45) is 6.45. The molecule has 0 aromatic heterocycles. The molecule has 1 aliphatic heterocycles. The van der Waals surface area contributed by atoms with E-state index in [0.717, 1.165) is 56.0 Å². The molecule has 1 radical (unpaired) electrons. The summed E-state index contributed by atoms with van der Waals surface area (Å²) in [6.45, 7) is 58.3. The van der Waals surface area contributed by atoms with Gasteiger partial charge in [-0.3, -0.25) is 4.79 Å². The van der Waals surface area contributed by atoms with Crippen molar-refractivity contribution in [2.24, 2.45) is 4.30 Å². The van der Waals surface area contributed by atoms with E-state index < -0.39 is 0 Å². The van der Waals surface area contributed by atoms with E-state index in [9.17, 15) is 4.79 Å². The van der Waals surface area contributed by atoms with Crippen molar-refractivity contribution in [2.45, 2.75) is 184 Å². The number of thiol groups is 1. The molecule has 9 heteroatoms. The molecule has 1 fully saturated rings. The first-order valence-corrected chi connectivity index (χ1v) is 28.9. The Hall–Kier alpha value is -3.76. The van der Waals surface area contributed by atoms with Crippen molar-refractivity contribution in [1.82, 2.24) is 4.90 Å². The second-order valence-corrected chi connectivity index (χ2v) is 12.7. The van der Waals surface area contributed by atoms with Gasteiger partial charge in [-0.1, -0.05) is 314 Å². The number of aryl methyl sites for hydroxylation is 1. The first-order chi connectivity index (χ1) is 35.2. The minimum absolute atomic E-state index is 0.126. The van der Waals surface area contributed by atoms with Crippen molar-refractivity contribution < 1.29 is 19.0 Å². The monoisotopic (exact) mass is 1090 g/mol. The van der Waals surface area contributed by atoms with Gasteiger partial charge in [0.1, 0.15) is 11.9 Å². The number of rotatable bonds is 15. The summed E-state index contributed by atoms with van der Waals surface area (Å²) in [5.41, 5.74) is 4.46. The van der Waals surface area contributed by atoms with Crippen molar-refractivity contribution in [3.63, 3.8) is 0 Å². The minimum Gasteiger partial charge on any atom is -0.368 e. The zero-order valence-electron chi connectivity index (χ0n) is 50.8. The van der Waals surface area contributed by atoms with Gasteiger partial charge in [0.05, 0.1) is 31.4 Å². The number of benzene rings is 4. The number of Topliss-reactive ketones (excluding diaryl/α,β-unsaturated/α-hetero) is 1. The molecule has 0 unspecified atom stereocenters. The number of unbranched alkanes of at least 4 members (excludes halogenated alkanes) is 2. The van der Waals surface area contributed by atoms with Gasteiger partial charge < -0.3 is 19.1 Å². The average molecular weight is 1090 g/mol. The Kier molecular flexibility index (Phi) is 118. The van der Waals surface area contributed by atoms with E-state index >= 15 is 0 Å². The van der Waals surface area contributed by atoms with Gasteiger partial charge in [-0.2, -0.15) is 0 Å². The second-order valence-electron chi connectivity index (χ2n) is 11.9. The summed E-state index contributed by atoms with van der Waals surface area (Å²) in [6, 6.07) is 39.8. The van der Waals surface area contributed by atoms with Gasteiger partial charge in [-0.15, -0.1) is 0 Å². The molecular formula is C63H115BBrN2O4S. The van der Waals surface area contributed by atoms with Crippen LogP contribution in [0.25, 0.3) is 5.76 Å². The Morgan fingerprint density at radius 2 is 0.958 bits per heavy atom. The molecule has 0 spiro atoms. The van der Waals surface area contributed by atoms with E-state index in [1.165, 1.54) is 43.4 Å². The zero-order chi connectivity index (χ0) is 58.1. The minimum atomic E-state index is 0.126. The summed E-state index contributed by atoms with van der Waals surface area (Å²) in [5.74, 6) is 0.898. The number of ketones is 1. The number of carbonyl (C=O) groups excluding carboxylic acids is 1. The van der Waals surface area contributed by atoms with Gasteiger partial charge in [0.25, 0.3) is 0 Å². The molecular weight excluding hydrogens is 971 g/mol. The van der Waals surface area contributed by atoms with Crippen LogP contribution in [0.1, 0.15) is 204 Å². The van der Waals surface area contributed by atoms with Gasteiger partial charge >= 0.3 is 24.8 Å². The average Bonchev–Trinajstić information content (AvgIpc) is 4.34. The molecule has 4 aromatic rings. The van der Waals surface area contributed by atoms with Crippen LogP contribution in [0.3, 0.4) is 0 Å². The zero-order valence-corrected chi connectivity index (χ0v) is 53.3. The van der Waals surface area contributed by atoms with Crippen LogP contribution in [0.4, 0.5) is 0 Å². The summed E-state index contributed by atoms with van der Waals surface area (Å²) in [5, 5.41) is 0.400. The van der Waals surface area contributed by atoms with Gasteiger partial charge in [0, 0.05) is 11.1 Å². The molecule has 6 nitrogen and oxygen atoms in total. The molecule has 72 heavy (non-hydrogen) atoms. The molecule has 1 atom stereocenters. The molecule has 0 saturated carbocycles. The number of alkyl halides is 1. The number of halogens is 1. The SMILES string of the molecule is C=C(OCCCC)c1ccccc1.C=COCCCC.CC.CC.CC.CC.CC.CC.CC.CC.CCN(CC)CC.Cc1ccccc1.O=C(CBr)c1ccccc1.[B]=NS.c1ccc([C@@H]2CO2)cc1. The van der Waals surface area contributed by atoms with Crippen molar-refractivity contribution in [3.05, 3.63) is 163 Å². The smallest absolute Gasteiger partial charge is 0.106 e. The van der Waals surface area contributed by atoms with E-state index in [0.29, 0.717) is 11.4 Å². The Morgan fingerprint density at radius 1 is 0.639 bits per heavy atom. The maximum absolute atomic E-state index is 11.0. The fraction of sp³-hybridized carbons (Fsp3) is 0.540. The fourth-order valence-corrected chi connectivity index (χ4v) is 4.50. The summed E-state index contributed by atoms with van der Waals surface area (Å²) in [7, 11) is 4.34. The van der Waals surface area contributed by atoms with Crippen LogP contribution in [0.2, 0.25) is 0 Å². The Labute approximate surface area is 465 Å². The fourth-order valence-electron chi connectivity index (χ4n) is 4.17. The molecule has 1 aliphatic rings. The van der Waals surface area contributed by atoms with E-state index in [2.05, 4.69) is 125 Å². The summed E-state index contributed by atoms with van der Waals surface area (Å²) < 4.78 is 18.1. The Bertz CT molecular complexity index is 1460. The van der Waals surface area contributed by atoms with Crippen molar-refractivity contribution in [2.75, 3.05) is 44.8 Å². The number of ether oxygens (including phenoxy) is 3. The molecule has 0 bridgehead atoms. The molecule has 0 aliphatic carbocycles. The predicted octanol–water partition coefficient (Wildman–Crippen LogP) is 21.2. The number of nitrogens with zero attached hydrogens (tertiary/aromatic N) is 2. The number of epoxide rings is 1. The number of hydrogen-bond donors (Lipinski definition) is 1. The van der Waals surface area contributed by atoms with E-state index in [-0.39, 0.29) is 5.78 Å². The van der Waals surface area contributed by atoms with Gasteiger partial charge in [0.15, 0.2) is 5.78 Å². The Balaban J connectivity index is -0.0000000756. The van der Waals surface area contributed by atoms with Crippen LogP contribution in [-0.2, 0) is 14.2 Å². The second kappa shape index (κ2) is 93.3. The normalized spacial score (nSPS) is 9.47. The first kappa shape index (κ1) is 91.0. The van der Waals surface area contributed by atoms with Crippen LogP contribution < -0.4 is 0 Å². The standard InChI is InChI=1S/C12H16O.C8H7BrO.C8H8O.C7H8.C6H15N.C6H12O.8C2H6.BHNS/c1-3-4-10-13-11(2)12-8-6-5-7-9-12;9-6-8(10)7-4-2-1-3-5-7;1-2-4-7(5-3-1)8-6-9-8;1-7-5-3-2-4-6-7;1-4-7(5-2)6-3;1-3-5-6-7-4-2;8*1-2;1-2-3/h5-9H,2-4,10H2,1H3;1-5H,6H2;1-5,8H,6H2;2-6H,1H3;4-6H2,1-3H3;4H,2-3,5-6H2,1H3;8*1-2H3;3H/t;;8-;;;;;;;;;;;;/m..0............/s1. The Morgan fingerprint density at radius 3 is 1.22 bits per heavy atom. The van der Waals surface area contributed by atoms with Crippen LogP contribution >= 0.6 is 28.7 Å². The van der Waals surface area contributed by atoms with Crippen LogP contribution in [0.15, 0.2) is 145 Å². The summed E-state index contributed by atoms with van der Waals surface area (Å²) >= 11 is 6.29. The van der Waals surface area contributed by atoms with Crippen molar-refractivity contribution >= 4 is 47.9 Å². The molecule has 417 valence electrons. The molecule has 0 N–H and O–H groups in total. The predicted molar refractivity (Wildman–Crippen MR) is 340 cm³/mol. The third-order valence-corrected chi connectivity index (χ3v) is 8.12. The third-order valence-electron chi connectivity index (χ3n) is 7.61. The molecule has 1 saturated heterocycles. The van der Waals surface area contributed by atoms with Crippen molar-refractivity contribution in [1.29, 1.82) is 0 Å². The largest absolute Gasteiger partial charge is 0.368 e.